The number of alkyl halides is 2. The number of hydrogen-bond acceptors (Lipinski definition) is 4. The van der Waals surface area contributed by atoms with Gasteiger partial charge in [0.15, 0.2) is 11.5 Å². The maximum atomic E-state index is 15.4. The van der Waals surface area contributed by atoms with E-state index in [4.69, 9.17) is 4.74 Å². The van der Waals surface area contributed by atoms with Crippen molar-refractivity contribution in [2.24, 2.45) is 0 Å². The zero-order valence-electron chi connectivity index (χ0n) is 21.0. The number of fused-ring (bicyclic) bond motifs is 2. The van der Waals surface area contributed by atoms with Gasteiger partial charge in [-0.2, -0.15) is 0 Å². The third-order valence-corrected chi connectivity index (χ3v) is 7.64. The van der Waals surface area contributed by atoms with Crippen molar-refractivity contribution < 1.29 is 33.6 Å². The fourth-order valence-corrected chi connectivity index (χ4v) is 5.52. The van der Waals surface area contributed by atoms with E-state index in [0.717, 1.165) is 29.4 Å². The molecule has 0 atom stereocenters. The molecule has 3 aliphatic rings. The van der Waals surface area contributed by atoms with Crippen molar-refractivity contribution >= 4 is 22.5 Å². The van der Waals surface area contributed by atoms with Crippen LogP contribution in [0.5, 0.6) is 11.5 Å². The van der Waals surface area contributed by atoms with Crippen LogP contribution in [0.4, 0.5) is 18.9 Å². The number of halogens is 3. The van der Waals surface area contributed by atoms with Gasteiger partial charge in [-0.3, -0.25) is 4.79 Å². The summed E-state index contributed by atoms with van der Waals surface area (Å²) in [6, 6.07) is 9.84. The fraction of sp³-hybridized carbons (Fsp3) is 0.464. The number of rotatable bonds is 4. The molecule has 2 aliphatic heterocycles. The summed E-state index contributed by atoms with van der Waals surface area (Å²) in [5.74, 6) is -1.09. The monoisotopic (exact) mass is 516 g/mol. The van der Waals surface area contributed by atoms with E-state index < -0.39 is 17.5 Å². The van der Waals surface area contributed by atoms with Gasteiger partial charge in [0.25, 0.3) is 0 Å². The molecule has 1 aliphatic carbocycles. The number of nitrogens with one attached hydrogen (secondary N) is 1. The number of amides is 1. The number of anilines is 1. The quantitative estimate of drug-likeness (QED) is 0.421. The Morgan fingerprint density at radius 2 is 1.76 bits per heavy atom. The third kappa shape index (κ3) is 4.13. The van der Waals surface area contributed by atoms with E-state index in [9.17, 15) is 13.6 Å². The minimum atomic E-state index is -3.73. The Bertz CT molecular complexity index is 1410. The Morgan fingerprint density at radius 1 is 1.05 bits per heavy atom. The van der Waals surface area contributed by atoms with E-state index in [0.29, 0.717) is 31.6 Å². The molecule has 0 bridgehead atoms. The van der Waals surface area contributed by atoms with Crippen LogP contribution in [0.25, 0.3) is 10.9 Å². The normalized spacial score (nSPS) is 20.3. The van der Waals surface area contributed by atoms with Crippen molar-refractivity contribution in [3.05, 3.63) is 53.5 Å². The van der Waals surface area contributed by atoms with Gasteiger partial charge in [0.2, 0.25) is 5.91 Å². The number of nitrogens with zero attached hydrogens (tertiary/aromatic N) is 1. The molecule has 3 aromatic rings. The second-order valence-electron chi connectivity index (χ2n) is 11.2. The van der Waals surface area contributed by atoms with Crippen LogP contribution in [-0.4, -0.2) is 30.0 Å². The molecule has 37 heavy (non-hydrogen) atoms. The molecule has 0 spiro atoms. The minimum Gasteiger partial charge on any atom is -0.395 e. The summed E-state index contributed by atoms with van der Waals surface area (Å²) < 4.78 is 59.1. The molecule has 2 aromatic carbocycles. The standard InChI is InChI=1S/C28H29F3N2O4.H2/c1-26(2,3)24-13-16-12-20(19(29)15-21(16)33(24)18-6-10-35-11-7-18)32-25(34)27(8-9-27)17-4-5-22-23(14-17)37-28(30,31)36-22;/h4-5,12-15,18H,6-11H2,1-3H3,(H,32,34);1H. The van der Waals surface area contributed by atoms with Crippen molar-refractivity contribution in [1.29, 1.82) is 0 Å². The van der Waals surface area contributed by atoms with Gasteiger partial charge in [-0.1, -0.05) is 26.8 Å². The smallest absolute Gasteiger partial charge is 0.395 e. The zero-order valence-corrected chi connectivity index (χ0v) is 21.0. The number of carbonyl (C=O) groups excluding carboxylic acids is 1. The first-order valence-corrected chi connectivity index (χ1v) is 12.6. The van der Waals surface area contributed by atoms with Gasteiger partial charge >= 0.3 is 6.29 Å². The van der Waals surface area contributed by atoms with E-state index in [-0.39, 0.29) is 36.0 Å². The minimum absolute atomic E-state index is 0. The molecular weight excluding hydrogens is 485 g/mol. The summed E-state index contributed by atoms with van der Waals surface area (Å²) in [5, 5.41) is 3.62. The van der Waals surface area contributed by atoms with Crippen molar-refractivity contribution in [2.75, 3.05) is 18.5 Å². The number of benzene rings is 2. The van der Waals surface area contributed by atoms with E-state index >= 15 is 4.39 Å². The lowest BCUT2D eigenvalue weighted by Crippen LogP contribution is -2.28. The van der Waals surface area contributed by atoms with Gasteiger partial charge in [0.05, 0.1) is 16.6 Å². The predicted octanol–water partition coefficient (Wildman–Crippen LogP) is 6.67. The second-order valence-corrected chi connectivity index (χ2v) is 11.2. The van der Waals surface area contributed by atoms with Crippen LogP contribution in [0.1, 0.15) is 65.2 Å². The van der Waals surface area contributed by atoms with Gasteiger partial charge in [0, 0.05) is 43.2 Å². The van der Waals surface area contributed by atoms with E-state index in [1.165, 1.54) is 18.2 Å². The molecule has 1 N–H and O–H groups in total. The SMILES string of the molecule is CC(C)(C)c1cc2cc(NC(=O)C3(c4ccc5c(c4)OC(F)(F)O5)CC3)c(F)cc2n1C1CCOCC1.[HH]. The summed E-state index contributed by atoms with van der Waals surface area (Å²) in [4.78, 5) is 13.4. The maximum Gasteiger partial charge on any atom is 0.586 e. The summed E-state index contributed by atoms with van der Waals surface area (Å²) in [6.45, 7) is 7.74. The van der Waals surface area contributed by atoms with Crippen molar-refractivity contribution in [3.8, 4) is 11.5 Å². The average molecular weight is 517 g/mol. The molecule has 198 valence electrons. The lowest BCUT2D eigenvalue weighted by atomic mass is 9.91. The average Bonchev–Trinajstić information content (AvgIpc) is 3.47. The molecule has 9 heteroatoms. The highest BCUT2D eigenvalue weighted by molar-refractivity contribution is 6.03. The van der Waals surface area contributed by atoms with E-state index in [1.54, 1.807) is 12.1 Å². The molecule has 3 heterocycles. The number of aromatic nitrogens is 1. The molecule has 0 unspecified atom stereocenters. The van der Waals surface area contributed by atoms with Crippen LogP contribution in [0.2, 0.25) is 0 Å². The summed E-state index contributed by atoms with van der Waals surface area (Å²) in [7, 11) is 0. The van der Waals surface area contributed by atoms with Crippen LogP contribution in [0.15, 0.2) is 36.4 Å². The Hall–Kier alpha value is -3.20. The lowest BCUT2D eigenvalue weighted by Gasteiger charge is -2.30. The highest BCUT2D eigenvalue weighted by atomic mass is 19.3. The summed E-state index contributed by atoms with van der Waals surface area (Å²) >= 11 is 0. The molecule has 1 aromatic heterocycles. The first-order valence-electron chi connectivity index (χ1n) is 12.6. The summed E-state index contributed by atoms with van der Waals surface area (Å²) in [6.07, 6.45) is -0.973. The number of carbonyl (C=O) groups is 1. The molecule has 2 fully saturated rings. The van der Waals surface area contributed by atoms with Crippen molar-refractivity contribution in [2.45, 2.75) is 69.6 Å². The van der Waals surface area contributed by atoms with Crippen LogP contribution in [0.3, 0.4) is 0 Å². The van der Waals surface area contributed by atoms with Crippen molar-refractivity contribution in [1.82, 2.24) is 4.57 Å². The lowest BCUT2D eigenvalue weighted by molar-refractivity contribution is -0.286. The molecular formula is C28H31F3N2O4. The Labute approximate surface area is 214 Å². The predicted molar refractivity (Wildman–Crippen MR) is 134 cm³/mol. The van der Waals surface area contributed by atoms with Crippen molar-refractivity contribution in [3.63, 3.8) is 0 Å². The van der Waals surface area contributed by atoms with Crippen LogP contribution in [0, 0.1) is 5.82 Å². The Morgan fingerprint density at radius 3 is 2.43 bits per heavy atom. The number of hydrogen-bond donors (Lipinski definition) is 1. The van der Waals surface area contributed by atoms with Crippen LogP contribution in [-0.2, 0) is 20.4 Å². The highest BCUT2D eigenvalue weighted by Crippen LogP contribution is 2.52. The zero-order chi connectivity index (χ0) is 26.2. The first kappa shape index (κ1) is 24.2. The Kier molecular flexibility index (Phi) is 5.32. The van der Waals surface area contributed by atoms with Gasteiger partial charge < -0.3 is 24.1 Å². The molecule has 1 amide bonds. The van der Waals surface area contributed by atoms with Crippen LogP contribution < -0.4 is 14.8 Å². The van der Waals surface area contributed by atoms with E-state index in [1.807, 2.05) is 0 Å². The Balaban J connectivity index is 0.00000294. The molecule has 6 rings (SSSR count). The fourth-order valence-electron chi connectivity index (χ4n) is 5.52. The molecule has 6 nitrogen and oxygen atoms in total. The van der Waals surface area contributed by atoms with Crippen LogP contribution >= 0.6 is 0 Å². The van der Waals surface area contributed by atoms with Gasteiger partial charge in [0.1, 0.15) is 5.82 Å². The molecule has 1 saturated carbocycles. The largest absolute Gasteiger partial charge is 0.586 e. The number of ether oxygens (including phenoxy) is 3. The maximum absolute atomic E-state index is 15.4. The highest BCUT2D eigenvalue weighted by Gasteiger charge is 2.53. The van der Waals surface area contributed by atoms with Gasteiger partial charge in [-0.25, -0.2) is 4.39 Å². The summed E-state index contributed by atoms with van der Waals surface area (Å²) in [5.41, 5.74) is 1.44. The van der Waals surface area contributed by atoms with E-state index in [2.05, 4.69) is 46.2 Å². The van der Waals surface area contributed by atoms with Gasteiger partial charge in [-0.05, 0) is 55.5 Å². The molecule has 0 radical (unpaired) electrons. The second kappa shape index (κ2) is 8.15. The third-order valence-electron chi connectivity index (χ3n) is 7.64. The topological polar surface area (TPSA) is 61.7 Å². The molecule has 1 saturated heterocycles. The first-order chi connectivity index (χ1) is 17.5. The van der Waals surface area contributed by atoms with Gasteiger partial charge in [-0.15, -0.1) is 8.78 Å².